The van der Waals surface area contributed by atoms with E-state index in [-0.39, 0.29) is 5.41 Å². The average Bonchev–Trinajstić information content (AvgIpc) is 4.12. The summed E-state index contributed by atoms with van der Waals surface area (Å²) in [5, 5.41) is 13.7. The van der Waals surface area contributed by atoms with Gasteiger partial charge in [-0.1, -0.05) is 123 Å². The first-order valence-corrected chi connectivity index (χ1v) is 21.6. The minimum Gasteiger partial charge on any atom is -0.456 e. The Bertz CT molecular complexity index is 4070. The molecule has 63 heavy (non-hydrogen) atoms. The number of benzene rings is 10. The summed E-state index contributed by atoms with van der Waals surface area (Å²) in [7, 11) is 0. The zero-order valence-corrected chi connectivity index (χ0v) is 34.3. The summed E-state index contributed by atoms with van der Waals surface area (Å²) in [5.41, 5.74) is 16.3. The maximum Gasteiger partial charge on any atom is 0.136 e. The number of para-hydroxylation sites is 2. The van der Waals surface area contributed by atoms with Crippen LogP contribution in [0.15, 0.2) is 188 Å². The Morgan fingerprint density at radius 2 is 0.619 bits per heavy atom. The van der Waals surface area contributed by atoms with Crippen molar-refractivity contribution in [3.63, 3.8) is 0 Å². The van der Waals surface area contributed by atoms with Crippen LogP contribution in [0, 0.1) is 0 Å². The molecule has 0 unspecified atom stereocenters. The van der Waals surface area contributed by atoms with Crippen molar-refractivity contribution in [2.24, 2.45) is 0 Å². The van der Waals surface area contributed by atoms with Crippen molar-refractivity contribution >= 4 is 109 Å². The minimum absolute atomic E-state index is 0.276. The molecule has 14 aromatic rings. The van der Waals surface area contributed by atoms with E-state index in [0.29, 0.717) is 0 Å². The molecule has 15 rings (SSSR count). The fourth-order valence-corrected chi connectivity index (χ4v) is 11.4. The van der Waals surface area contributed by atoms with E-state index < -0.39 is 0 Å². The zero-order chi connectivity index (χ0) is 41.3. The molecule has 4 nitrogen and oxygen atoms in total. The monoisotopic (exact) mass is 806 g/mol. The summed E-state index contributed by atoms with van der Waals surface area (Å²) < 4.78 is 26.6. The molecule has 0 amide bonds. The second-order valence-electron chi connectivity index (χ2n) is 17.9. The topological polar surface area (TPSA) is 52.6 Å². The molecule has 0 aliphatic heterocycles. The maximum atomic E-state index is 6.95. The third kappa shape index (κ3) is 4.30. The van der Waals surface area contributed by atoms with Gasteiger partial charge in [0.1, 0.15) is 44.7 Å². The number of rotatable bonds is 2. The molecular weight excluding hydrogens is 773 g/mol. The van der Waals surface area contributed by atoms with Crippen LogP contribution in [0.1, 0.15) is 25.0 Å². The van der Waals surface area contributed by atoms with Crippen LogP contribution in [-0.4, -0.2) is 0 Å². The van der Waals surface area contributed by atoms with Gasteiger partial charge in [-0.05, 0) is 127 Å². The normalized spacial score (nSPS) is 13.7. The Labute approximate surface area is 359 Å². The lowest BCUT2D eigenvalue weighted by atomic mass is 9.81. The number of furan rings is 4. The molecule has 1 aliphatic rings. The Kier molecular flexibility index (Phi) is 6.21. The predicted molar refractivity (Wildman–Crippen MR) is 259 cm³/mol. The van der Waals surface area contributed by atoms with E-state index in [4.69, 9.17) is 17.7 Å². The van der Waals surface area contributed by atoms with E-state index in [1.807, 2.05) is 24.3 Å². The van der Waals surface area contributed by atoms with Crippen LogP contribution < -0.4 is 0 Å². The van der Waals surface area contributed by atoms with E-state index in [0.717, 1.165) is 110 Å². The molecular formula is C59H34O4. The Morgan fingerprint density at radius 1 is 0.254 bits per heavy atom. The zero-order valence-electron chi connectivity index (χ0n) is 34.3. The van der Waals surface area contributed by atoms with Crippen LogP contribution in [-0.2, 0) is 5.41 Å². The molecule has 4 heteroatoms. The summed E-state index contributed by atoms with van der Waals surface area (Å²) in [5.74, 6) is 0. The van der Waals surface area contributed by atoms with Crippen LogP contribution in [0.25, 0.3) is 143 Å². The molecule has 0 fully saturated rings. The van der Waals surface area contributed by atoms with Crippen molar-refractivity contribution in [3.8, 4) is 33.4 Å². The van der Waals surface area contributed by atoms with E-state index in [1.165, 1.54) is 43.8 Å². The second-order valence-corrected chi connectivity index (χ2v) is 17.9. The molecule has 4 heterocycles. The summed E-state index contributed by atoms with van der Waals surface area (Å²) in [4.78, 5) is 0. The third-order valence-corrected chi connectivity index (χ3v) is 14.3. The summed E-state index contributed by atoms with van der Waals surface area (Å²) >= 11 is 0. The first kappa shape index (κ1) is 33.6. The molecule has 1 aliphatic carbocycles. The standard InChI is InChI=1S/C59H34O4/c1-59(2)45-25-43-51(62-53-27-39(31-13-3-5-15-33(31)57(43)53)35-19-11-23-49-55(35)37-17-7-9-21-47(37)60-49)29-41(45)42-30-52-44(26-46(42)59)58-34-16-6-4-14-32(34)40(28-54(58)63-52)36-20-12-24-50-56(36)38-18-8-10-22-48(38)61-50/h3-30H,1-2H3. The highest BCUT2D eigenvalue weighted by molar-refractivity contribution is 6.27. The van der Waals surface area contributed by atoms with Crippen molar-refractivity contribution < 1.29 is 17.7 Å². The average molecular weight is 807 g/mol. The van der Waals surface area contributed by atoms with Crippen LogP contribution in [0.5, 0.6) is 0 Å². The van der Waals surface area contributed by atoms with Gasteiger partial charge in [0.15, 0.2) is 0 Å². The summed E-state index contributed by atoms with van der Waals surface area (Å²) in [6, 6.07) is 60.6. The highest BCUT2D eigenvalue weighted by Gasteiger charge is 2.38. The smallest absolute Gasteiger partial charge is 0.136 e. The van der Waals surface area contributed by atoms with Crippen LogP contribution in [0.3, 0.4) is 0 Å². The fourth-order valence-electron chi connectivity index (χ4n) is 11.4. The van der Waals surface area contributed by atoms with Gasteiger partial charge in [0.05, 0.1) is 0 Å². The highest BCUT2D eigenvalue weighted by atomic mass is 16.3. The maximum absolute atomic E-state index is 6.95. The van der Waals surface area contributed by atoms with Gasteiger partial charge in [-0.25, -0.2) is 0 Å². The van der Waals surface area contributed by atoms with Gasteiger partial charge in [0.2, 0.25) is 0 Å². The first-order valence-electron chi connectivity index (χ1n) is 21.6. The van der Waals surface area contributed by atoms with Gasteiger partial charge in [-0.3, -0.25) is 0 Å². The molecule has 4 aromatic heterocycles. The van der Waals surface area contributed by atoms with Crippen molar-refractivity contribution in [3.05, 3.63) is 181 Å². The lowest BCUT2D eigenvalue weighted by Gasteiger charge is -2.21. The lowest BCUT2D eigenvalue weighted by molar-refractivity contribution is 0.656. The lowest BCUT2D eigenvalue weighted by Crippen LogP contribution is -2.14. The Balaban J connectivity index is 0.947. The van der Waals surface area contributed by atoms with Crippen LogP contribution in [0.2, 0.25) is 0 Å². The SMILES string of the molecule is CC1(C)c2cc3c(cc2-c2cc4oc5cc(-c6cccc7oc8ccccc8c67)c6ccccc6c5c4cc21)oc1cc(-c2cccc4oc5ccccc5c24)c2ccccc2c13. The number of fused-ring (bicyclic) bond motifs is 19. The van der Waals surface area contributed by atoms with E-state index in [9.17, 15) is 0 Å². The molecule has 0 radical (unpaired) electrons. The molecule has 0 N–H and O–H groups in total. The van der Waals surface area contributed by atoms with E-state index in [2.05, 4.69) is 159 Å². The van der Waals surface area contributed by atoms with Crippen LogP contribution in [0.4, 0.5) is 0 Å². The third-order valence-electron chi connectivity index (χ3n) is 14.3. The molecule has 0 bridgehead atoms. The van der Waals surface area contributed by atoms with Crippen molar-refractivity contribution in [1.29, 1.82) is 0 Å². The van der Waals surface area contributed by atoms with Gasteiger partial charge in [-0.15, -0.1) is 0 Å². The molecule has 0 spiro atoms. The first-order chi connectivity index (χ1) is 31.0. The quantitative estimate of drug-likeness (QED) is 0.175. The van der Waals surface area contributed by atoms with Crippen molar-refractivity contribution in [1.82, 2.24) is 0 Å². The second kappa shape index (κ2) is 11.6. The van der Waals surface area contributed by atoms with Crippen molar-refractivity contribution in [2.75, 3.05) is 0 Å². The van der Waals surface area contributed by atoms with Gasteiger partial charge < -0.3 is 17.7 Å². The van der Waals surface area contributed by atoms with E-state index in [1.54, 1.807) is 0 Å². The van der Waals surface area contributed by atoms with Gasteiger partial charge in [0, 0.05) is 48.5 Å². The Hall–Kier alpha value is -8.08. The van der Waals surface area contributed by atoms with Gasteiger partial charge in [-0.2, -0.15) is 0 Å². The number of hydrogen-bond acceptors (Lipinski definition) is 4. The predicted octanol–water partition coefficient (Wildman–Crippen LogP) is 17.2. The molecule has 0 saturated carbocycles. The molecule has 10 aromatic carbocycles. The molecule has 0 atom stereocenters. The van der Waals surface area contributed by atoms with Crippen molar-refractivity contribution in [2.45, 2.75) is 19.3 Å². The largest absolute Gasteiger partial charge is 0.456 e. The van der Waals surface area contributed by atoms with Crippen LogP contribution >= 0.6 is 0 Å². The van der Waals surface area contributed by atoms with Gasteiger partial charge >= 0.3 is 0 Å². The summed E-state index contributed by atoms with van der Waals surface area (Å²) in [6.07, 6.45) is 0. The molecule has 294 valence electrons. The fraction of sp³-hybridized carbons (Fsp3) is 0.0508. The van der Waals surface area contributed by atoms with Gasteiger partial charge in [0.25, 0.3) is 0 Å². The summed E-state index contributed by atoms with van der Waals surface area (Å²) in [6.45, 7) is 4.72. The number of hydrogen-bond donors (Lipinski definition) is 0. The van der Waals surface area contributed by atoms with E-state index >= 15 is 0 Å². The minimum atomic E-state index is -0.276. The highest BCUT2D eigenvalue weighted by Crippen LogP contribution is 2.54. The Morgan fingerprint density at radius 3 is 1.08 bits per heavy atom. The molecule has 0 saturated heterocycles.